The van der Waals surface area contributed by atoms with Gasteiger partial charge < -0.3 is 11.1 Å². The Morgan fingerprint density at radius 1 is 1.41 bits per heavy atom. The summed E-state index contributed by atoms with van der Waals surface area (Å²) in [7, 11) is 0. The van der Waals surface area contributed by atoms with Crippen molar-refractivity contribution in [3.8, 4) is 5.82 Å². The van der Waals surface area contributed by atoms with Gasteiger partial charge in [-0.25, -0.2) is 4.98 Å². The second-order valence-corrected chi connectivity index (χ2v) is 4.04. The molecule has 0 aliphatic heterocycles. The number of hydrogen-bond donors (Lipinski definition) is 2. The zero-order valence-electron chi connectivity index (χ0n) is 9.83. The maximum atomic E-state index is 5.76. The van der Waals surface area contributed by atoms with Crippen molar-refractivity contribution in [3.05, 3.63) is 18.6 Å². The fraction of sp³-hybridized carbons (Fsp3) is 0.400. The molecule has 7 nitrogen and oxygen atoms in total. The molecule has 0 saturated heterocycles. The predicted molar refractivity (Wildman–Crippen MR) is 64.7 cm³/mol. The highest BCUT2D eigenvalue weighted by molar-refractivity contribution is 5.37. The predicted octanol–water partition coefficient (Wildman–Crippen LogP) is 0.707. The summed E-state index contributed by atoms with van der Waals surface area (Å²) >= 11 is 0. The lowest BCUT2D eigenvalue weighted by atomic mass is 10.2. The minimum Gasteiger partial charge on any atom is -0.368 e. The molecule has 0 aromatic carbocycles. The third-order valence-corrected chi connectivity index (χ3v) is 2.07. The lowest BCUT2D eigenvalue weighted by Gasteiger charge is -2.03. The first kappa shape index (κ1) is 11.3. The molecule has 0 spiro atoms. The van der Waals surface area contributed by atoms with Crippen molar-refractivity contribution in [2.75, 3.05) is 17.6 Å². The molecule has 0 amide bonds. The summed E-state index contributed by atoms with van der Waals surface area (Å²) in [4.78, 5) is 12.2. The van der Waals surface area contributed by atoms with Gasteiger partial charge >= 0.3 is 0 Å². The largest absolute Gasteiger partial charge is 0.368 e. The first-order valence-electron chi connectivity index (χ1n) is 5.39. The molecule has 0 unspecified atom stereocenters. The van der Waals surface area contributed by atoms with Gasteiger partial charge in [-0.2, -0.15) is 9.67 Å². The van der Waals surface area contributed by atoms with Gasteiger partial charge in [0.15, 0.2) is 5.82 Å². The molecule has 0 aliphatic carbocycles. The monoisotopic (exact) mass is 233 g/mol. The summed E-state index contributed by atoms with van der Waals surface area (Å²) in [5.74, 6) is 1.85. The van der Waals surface area contributed by atoms with Crippen molar-refractivity contribution in [2.24, 2.45) is 5.92 Å². The zero-order valence-corrected chi connectivity index (χ0v) is 9.83. The molecule has 0 bridgehead atoms. The van der Waals surface area contributed by atoms with Crippen LogP contribution in [0.4, 0.5) is 11.9 Å². The van der Waals surface area contributed by atoms with Crippen LogP contribution in [0.5, 0.6) is 0 Å². The van der Waals surface area contributed by atoms with E-state index in [0.29, 0.717) is 17.7 Å². The van der Waals surface area contributed by atoms with Crippen molar-refractivity contribution in [1.82, 2.24) is 24.7 Å². The molecule has 0 atom stereocenters. The van der Waals surface area contributed by atoms with E-state index < -0.39 is 0 Å². The number of nitrogens with zero attached hydrogens (tertiary/aromatic N) is 5. The van der Waals surface area contributed by atoms with Crippen molar-refractivity contribution in [1.29, 1.82) is 0 Å². The van der Waals surface area contributed by atoms with Crippen LogP contribution in [0, 0.1) is 5.92 Å². The molecule has 90 valence electrons. The lowest BCUT2D eigenvalue weighted by Crippen LogP contribution is -2.09. The van der Waals surface area contributed by atoms with E-state index in [1.165, 1.54) is 4.68 Å². The van der Waals surface area contributed by atoms with Gasteiger partial charge in [-0.3, -0.25) is 4.98 Å². The Bertz CT molecular complexity index is 477. The van der Waals surface area contributed by atoms with Crippen LogP contribution in [0.2, 0.25) is 0 Å². The van der Waals surface area contributed by atoms with Gasteiger partial charge in [0.05, 0.1) is 6.20 Å². The van der Waals surface area contributed by atoms with Crippen LogP contribution in [0.25, 0.3) is 5.82 Å². The number of nitrogens with one attached hydrogen (secondary N) is 1. The number of aromatic nitrogens is 5. The number of anilines is 2. The third kappa shape index (κ3) is 2.68. The highest BCUT2D eigenvalue weighted by atomic mass is 15.4. The minimum absolute atomic E-state index is 0.289. The van der Waals surface area contributed by atoms with Crippen molar-refractivity contribution in [3.63, 3.8) is 0 Å². The van der Waals surface area contributed by atoms with Gasteiger partial charge in [-0.1, -0.05) is 13.8 Å². The molecule has 0 radical (unpaired) electrons. The normalized spacial score (nSPS) is 10.8. The van der Waals surface area contributed by atoms with Gasteiger partial charge in [0.2, 0.25) is 11.9 Å². The van der Waals surface area contributed by atoms with Crippen LogP contribution in [0.15, 0.2) is 18.6 Å². The van der Waals surface area contributed by atoms with E-state index >= 15 is 0 Å². The average molecular weight is 233 g/mol. The van der Waals surface area contributed by atoms with E-state index in [-0.39, 0.29) is 5.95 Å². The maximum absolute atomic E-state index is 5.76. The number of hydrogen-bond acceptors (Lipinski definition) is 6. The van der Waals surface area contributed by atoms with Crippen molar-refractivity contribution < 1.29 is 0 Å². The van der Waals surface area contributed by atoms with E-state index in [1.54, 1.807) is 18.6 Å². The Morgan fingerprint density at radius 2 is 2.24 bits per heavy atom. The SMILES string of the molecule is CC(C)CNc1nc(N)n(-c2cnccn2)n1. The van der Waals surface area contributed by atoms with E-state index in [9.17, 15) is 0 Å². The molecule has 3 N–H and O–H groups in total. The van der Waals surface area contributed by atoms with Crippen LogP contribution in [0.1, 0.15) is 13.8 Å². The Balaban J connectivity index is 2.20. The quantitative estimate of drug-likeness (QED) is 0.807. The summed E-state index contributed by atoms with van der Waals surface area (Å²) in [6.07, 6.45) is 4.75. The Kier molecular flexibility index (Phi) is 3.17. The van der Waals surface area contributed by atoms with Crippen LogP contribution >= 0.6 is 0 Å². The zero-order chi connectivity index (χ0) is 12.3. The summed E-state index contributed by atoms with van der Waals surface area (Å²) in [6.45, 7) is 5.01. The Hall–Kier alpha value is -2.18. The molecule has 2 aromatic rings. The van der Waals surface area contributed by atoms with Crippen LogP contribution in [-0.4, -0.2) is 31.3 Å². The fourth-order valence-electron chi connectivity index (χ4n) is 1.26. The molecule has 7 heteroatoms. The molecule has 2 heterocycles. The molecule has 2 rings (SSSR count). The number of nitrogen functional groups attached to an aromatic ring is 1. The first-order chi connectivity index (χ1) is 8.16. The van der Waals surface area contributed by atoms with Crippen LogP contribution in [0.3, 0.4) is 0 Å². The number of rotatable bonds is 4. The first-order valence-corrected chi connectivity index (χ1v) is 5.39. The summed E-state index contributed by atoms with van der Waals surface area (Å²) in [5, 5.41) is 7.32. The summed E-state index contributed by atoms with van der Waals surface area (Å²) < 4.78 is 1.45. The lowest BCUT2D eigenvalue weighted by molar-refractivity contribution is 0.683. The van der Waals surface area contributed by atoms with Crippen molar-refractivity contribution >= 4 is 11.9 Å². The van der Waals surface area contributed by atoms with Gasteiger partial charge in [-0.05, 0) is 5.92 Å². The van der Waals surface area contributed by atoms with Crippen LogP contribution in [-0.2, 0) is 0 Å². The van der Waals surface area contributed by atoms with E-state index in [2.05, 4.69) is 39.2 Å². The highest BCUT2D eigenvalue weighted by Crippen LogP contribution is 2.10. The summed E-state index contributed by atoms with van der Waals surface area (Å²) in [6, 6.07) is 0. The fourth-order valence-corrected chi connectivity index (χ4v) is 1.26. The Labute approximate surface area is 99.1 Å². The Morgan fingerprint density at radius 3 is 2.88 bits per heavy atom. The smallest absolute Gasteiger partial charge is 0.244 e. The molecular formula is C10H15N7. The van der Waals surface area contributed by atoms with Crippen LogP contribution < -0.4 is 11.1 Å². The molecule has 0 saturated carbocycles. The minimum atomic E-state index is 0.289. The van der Waals surface area contributed by atoms with Gasteiger partial charge in [0.1, 0.15) is 0 Å². The molecule has 0 aliphatic rings. The molecule has 2 aromatic heterocycles. The molecule has 0 fully saturated rings. The van der Waals surface area contributed by atoms with E-state index in [4.69, 9.17) is 5.73 Å². The number of nitrogens with two attached hydrogens (primary N) is 1. The average Bonchev–Trinajstić information content (AvgIpc) is 2.69. The molecular weight excluding hydrogens is 218 g/mol. The van der Waals surface area contributed by atoms with E-state index in [1.807, 2.05) is 0 Å². The van der Waals surface area contributed by atoms with Gasteiger partial charge in [0.25, 0.3) is 0 Å². The second kappa shape index (κ2) is 4.77. The topological polar surface area (TPSA) is 94.5 Å². The molecule has 17 heavy (non-hydrogen) atoms. The maximum Gasteiger partial charge on any atom is 0.244 e. The highest BCUT2D eigenvalue weighted by Gasteiger charge is 2.09. The van der Waals surface area contributed by atoms with Gasteiger partial charge in [-0.15, -0.1) is 5.10 Å². The third-order valence-electron chi connectivity index (χ3n) is 2.07. The second-order valence-electron chi connectivity index (χ2n) is 4.04. The summed E-state index contributed by atoms with van der Waals surface area (Å²) in [5.41, 5.74) is 5.76. The van der Waals surface area contributed by atoms with E-state index in [0.717, 1.165) is 6.54 Å². The van der Waals surface area contributed by atoms with Gasteiger partial charge in [0, 0.05) is 18.9 Å². The standard InChI is InChI=1S/C10H15N7/c1-7(2)5-14-10-15-9(11)17(16-10)8-6-12-3-4-13-8/h3-4,6-7H,5H2,1-2H3,(H3,11,14,15,16). The van der Waals surface area contributed by atoms with Crippen molar-refractivity contribution in [2.45, 2.75) is 13.8 Å².